The molecule has 0 spiro atoms. The number of carbonyl (C=O) groups excluding carboxylic acids is 1. The first-order valence-electron chi connectivity index (χ1n) is 9.30. The Morgan fingerprint density at radius 3 is 2.96 bits per heavy atom. The van der Waals surface area contributed by atoms with Crippen molar-refractivity contribution in [2.45, 2.75) is 38.8 Å². The summed E-state index contributed by atoms with van der Waals surface area (Å²) in [6.45, 7) is 4.55. The highest BCUT2D eigenvalue weighted by Crippen LogP contribution is 2.39. The highest BCUT2D eigenvalue weighted by molar-refractivity contribution is 5.83. The van der Waals surface area contributed by atoms with E-state index >= 15 is 0 Å². The summed E-state index contributed by atoms with van der Waals surface area (Å²) in [5, 5.41) is 3.16. The smallest absolute Gasteiger partial charge is 0.227 e. The Labute approximate surface area is 149 Å². The molecule has 0 aliphatic carbocycles. The van der Waals surface area contributed by atoms with Gasteiger partial charge in [0.05, 0.1) is 12.0 Å². The molecular formula is C20H26N4O. The normalized spacial score (nSPS) is 25.0. The maximum Gasteiger partial charge on any atom is 0.227 e. The number of fused-ring (bicyclic) bond motifs is 2. The van der Waals surface area contributed by atoms with Gasteiger partial charge in [-0.1, -0.05) is 30.3 Å². The first kappa shape index (κ1) is 16.3. The van der Waals surface area contributed by atoms with Crippen LogP contribution < -0.4 is 5.32 Å². The van der Waals surface area contributed by atoms with Crippen LogP contribution in [0.3, 0.4) is 0 Å². The van der Waals surface area contributed by atoms with E-state index in [1.54, 1.807) is 0 Å². The fourth-order valence-electron chi connectivity index (χ4n) is 4.24. The second-order valence-corrected chi connectivity index (χ2v) is 7.37. The Kier molecular flexibility index (Phi) is 4.57. The molecule has 5 nitrogen and oxygen atoms in total. The molecule has 1 amide bonds. The molecule has 0 saturated carbocycles. The van der Waals surface area contributed by atoms with Gasteiger partial charge in [-0.25, -0.2) is 4.98 Å². The van der Waals surface area contributed by atoms with Crippen molar-refractivity contribution in [3.8, 4) is 0 Å². The molecule has 2 unspecified atom stereocenters. The zero-order valence-electron chi connectivity index (χ0n) is 14.7. The zero-order valence-corrected chi connectivity index (χ0v) is 14.7. The number of carbonyl (C=O) groups is 1. The zero-order chi connectivity index (χ0) is 17.1. The van der Waals surface area contributed by atoms with Crippen LogP contribution in [0.4, 0.5) is 0 Å². The molecule has 132 valence electrons. The predicted octanol–water partition coefficient (Wildman–Crippen LogP) is 2.23. The number of benzene rings is 1. The van der Waals surface area contributed by atoms with Crippen molar-refractivity contribution in [1.29, 1.82) is 0 Å². The molecule has 2 saturated heterocycles. The summed E-state index contributed by atoms with van der Waals surface area (Å²) in [6, 6.07) is 10.5. The van der Waals surface area contributed by atoms with Crippen LogP contribution in [0, 0.1) is 5.41 Å². The molecule has 3 heterocycles. The maximum absolute atomic E-state index is 12.8. The third kappa shape index (κ3) is 3.47. The van der Waals surface area contributed by atoms with Crippen LogP contribution in [0.2, 0.25) is 0 Å². The lowest BCUT2D eigenvalue weighted by Gasteiger charge is -2.32. The summed E-state index contributed by atoms with van der Waals surface area (Å²) in [7, 11) is 0. The number of nitrogens with zero attached hydrogens (tertiary/aromatic N) is 3. The Balaban J connectivity index is 1.34. The van der Waals surface area contributed by atoms with Crippen molar-refractivity contribution in [1.82, 2.24) is 19.8 Å². The molecular weight excluding hydrogens is 312 g/mol. The first-order valence-corrected chi connectivity index (χ1v) is 9.30. The van der Waals surface area contributed by atoms with Gasteiger partial charge in [0.1, 0.15) is 5.82 Å². The molecule has 0 radical (unpaired) electrons. The molecule has 25 heavy (non-hydrogen) atoms. The summed E-state index contributed by atoms with van der Waals surface area (Å²) >= 11 is 0. The number of nitrogens with one attached hydrogen (secondary N) is 1. The Morgan fingerprint density at radius 2 is 2.08 bits per heavy atom. The lowest BCUT2D eigenvalue weighted by Crippen LogP contribution is -2.45. The van der Waals surface area contributed by atoms with E-state index in [0.717, 1.165) is 57.7 Å². The monoisotopic (exact) mass is 338 g/mol. The minimum Gasteiger partial charge on any atom is -0.348 e. The van der Waals surface area contributed by atoms with Crippen molar-refractivity contribution in [2.75, 3.05) is 19.6 Å². The predicted molar refractivity (Wildman–Crippen MR) is 96.9 cm³/mol. The Bertz CT molecular complexity index is 722. The van der Waals surface area contributed by atoms with Crippen molar-refractivity contribution in [3.63, 3.8) is 0 Å². The summed E-state index contributed by atoms with van der Waals surface area (Å²) in [5.41, 5.74) is 1.16. The minimum atomic E-state index is -0.153. The first-order chi connectivity index (χ1) is 12.3. The summed E-state index contributed by atoms with van der Waals surface area (Å²) in [5.74, 6) is 1.15. The molecule has 1 N–H and O–H groups in total. The Hall–Kier alpha value is -2.14. The number of aryl methyl sites for hydroxylation is 2. The van der Waals surface area contributed by atoms with E-state index in [4.69, 9.17) is 0 Å². The molecule has 2 fully saturated rings. The van der Waals surface area contributed by atoms with Gasteiger partial charge < -0.3 is 14.8 Å². The Morgan fingerprint density at radius 1 is 1.20 bits per heavy atom. The van der Waals surface area contributed by atoms with Crippen molar-refractivity contribution in [3.05, 3.63) is 54.1 Å². The number of imidazole rings is 1. The average Bonchev–Trinajstić information content (AvgIpc) is 3.23. The van der Waals surface area contributed by atoms with E-state index in [0.29, 0.717) is 6.54 Å². The lowest BCUT2D eigenvalue weighted by atomic mass is 9.80. The van der Waals surface area contributed by atoms with Gasteiger partial charge in [-0.15, -0.1) is 0 Å². The molecule has 2 aromatic rings. The highest BCUT2D eigenvalue weighted by atomic mass is 16.2. The van der Waals surface area contributed by atoms with Gasteiger partial charge >= 0.3 is 0 Å². The summed E-state index contributed by atoms with van der Waals surface area (Å²) < 4.78 is 2.15. The summed E-state index contributed by atoms with van der Waals surface area (Å²) in [4.78, 5) is 19.7. The van der Waals surface area contributed by atoms with Gasteiger partial charge in [0.25, 0.3) is 0 Å². The molecule has 2 atom stereocenters. The van der Waals surface area contributed by atoms with E-state index in [2.05, 4.69) is 44.0 Å². The lowest BCUT2D eigenvalue weighted by molar-refractivity contribution is -0.131. The van der Waals surface area contributed by atoms with E-state index in [1.807, 2.05) is 18.5 Å². The van der Waals surface area contributed by atoms with Gasteiger partial charge in [0.2, 0.25) is 5.91 Å². The second-order valence-electron chi connectivity index (χ2n) is 7.37. The van der Waals surface area contributed by atoms with Crippen LogP contribution in [0.5, 0.6) is 0 Å². The molecule has 2 aliphatic heterocycles. The van der Waals surface area contributed by atoms with Gasteiger partial charge in [-0.05, 0) is 44.3 Å². The van der Waals surface area contributed by atoms with E-state index in [1.165, 1.54) is 5.56 Å². The van der Waals surface area contributed by atoms with Crippen LogP contribution in [0.1, 0.15) is 30.7 Å². The van der Waals surface area contributed by atoms with Crippen molar-refractivity contribution >= 4 is 5.91 Å². The third-order valence-electron chi connectivity index (χ3n) is 5.74. The topological polar surface area (TPSA) is 50.2 Å². The van der Waals surface area contributed by atoms with Crippen LogP contribution in [0.25, 0.3) is 0 Å². The van der Waals surface area contributed by atoms with Crippen LogP contribution in [-0.4, -0.2) is 40.0 Å². The van der Waals surface area contributed by atoms with Gasteiger partial charge in [-0.3, -0.25) is 4.79 Å². The van der Waals surface area contributed by atoms with E-state index in [-0.39, 0.29) is 11.3 Å². The molecule has 5 heteroatoms. The van der Waals surface area contributed by atoms with Gasteiger partial charge in [0.15, 0.2) is 0 Å². The summed E-state index contributed by atoms with van der Waals surface area (Å²) in [6.07, 6.45) is 7.96. The number of piperidine rings is 1. The molecule has 2 bridgehead atoms. The largest absolute Gasteiger partial charge is 0.348 e. The van der Waals surface area contributed by atoms with Gasteiger partial charge in [0, 0.05) is 25.5 Å². The molecule has 1 aromatic heterocycles. The highest BCUT2D eigenvalue weighted by Gasteiger charge is 2.46. The number of rotatable bonds is 6. The quantitative estimate of drug-likeness (QED) is 0.879. The minimum absolute atomic E-state index is 0.153. The van der Waals surface area contributed by atoms with Crippen molar-refractivity contribution < 1.29 is 4.79 Å². The third-order valence-corrected chi connectivity index (χ3v) is 5.74. The fraction of sp³-hybridized carbons (Fsp3) is 0.500. The van der Waals surface area contributed by atoms with Crippen LogP contribution >= 0.6 is 0 Å². The fourth-order valence-corrected chi connectivity index (χ4v) is 4.24. The number of aromatic nitrogens is 2. The number of hydrogen-bond acceptors (Lipinski definition) is 3. The van der Waals surface area contributed by atoms with E-state index < -0.39 is 0 Å². The van der Waals surface area contributed by atoms with E-state index in [9.17, 15) is 4.79 Å². The second kappa shape index (κ2) is 7.00. The average molecular weight is 338 g/mol. The SMILES string of the molecule is O=C(NCc1nccn1CCc1ccccc1)C12CCCN(CC1)C2. The molecule has 2 aliphatic rings. The van der Waals surface area contributed by atoms with Crippen LogP contribution in [0.15, 0.2) is 42.7 Å². The standard InChI is InChI=1S/C20H26N4O/c25-19(20-8-4-11-23(16-20)13-9-20)22-15-18-21-10-14-24(18)12-7-17-5-2-1-3-6-17/h1-3,5-6,10,14H,4,7-9,11-13,15-16H2,(H,22,25). The van der Waals surface area contributed by atoms with Crippen molar-refractivity contribution in [2.24, 2.45) is 5.41 Å². The van der Waals surface area contributed by atoms with Gasteiger partial charge in [-0.2, -0.15) is 0 Å². The number of amides is 1. The van der Waals surface area contributed by atoms with Crippen LogP contribution in [-0.2, 0) is 24.3 Å². The number of hydrogen-bond donors (Lipinski definition) is 1. The molecule has 1 aromatic carbocycles. The molecule has 4 rings (SSSR count). The maximum atomic E-state index is 12.8.